The largest absolute Gasteiger partial charge is 0.296 e. The van der Waals surface area contributed by atoms with Gasteiger partial charge in [0.25, 0.3) is 0 Å². The third-order valence-corrected chi connectivity index (χ3v) is 4.10. The highest BCUT2D eigenvalue weighted by Crippen LogP contribution is 2.27. The van der Waals surface area contributed by atoms with Gasteiger partial charge in [0.05, 0.1) is 11.0 Å². The van der Waals surface area contributed by atoms with Crippen molar-refractivity contribution in [3.8, 4) is 16.8 Å². The van der Waals surface area contributed by atoms with E-state index in [2.05, 4.69) is 66.1 Å². The van der Waals surface area contributed by atoms with Crippen LogP contribution in [-0.4, -0.2) is 9.55 Å². The van der Waals surface area contributed by atoms with Crippen LogP contribution in [0.2, 0.25) is 0 Å². The minimum Gasteiger partial charge on any atom is -0.296 e. The summed E-state index contributed by atoms with van der Waals surface area (Å²) in [6, 6.07) is 28.1. The monoisotopic (exact) mass is 297 g/mol. The van der Waals surface area contributed by atoms with E-state index in [9.17, 15) is 0 Å². The molecule has 0 amide bonds. The molecular formula is C21H17N2. The third-order valence-electron chi connectivity index (χ3n) is 4.10. The molecule has 0 atom stereocenters. The van der Waals surface area contributed by atoms with Crippen LogP contribution in [0, 0.1) is 6.07 Å². The molecule has 0 bridgehead atoms. The van der Waals surface area contributed by atoms with Crippen molar-refractivity contribution in [1.29, 1.82) is 0 Å². The second-order valence-electron chi connectivity index (χ2n) is 5.55. The first-order valence-electron chi connectivity index (χ1n) is 7.90. The third kappa shape index (κ3) is 2.42. The molecule has 4 aromatic rings. The number of benzene rings is 3. The lowest BCUT2D eigenvalue weighted by atomic mass is 10.1. The molecule has 0 aliphatic rings. The zero-order valence-electron chi connectivity index (χ0n) is 13.0. The van der Waals surface area contributed by atoms with Crippen molar-refractivity contribution in [2.24, 2.45) is 0 Å². The summed E-state index contributed by atoms with van der Waals surface area (Å²) in [6.07, 6.45) is 0.893. The smallest absolute Gasteiger partial charge is 0.114 e. The van der Waals surface area contributed by atoms with E-state index >= 15 is 0 Å². The standard InChI is InChI=1S/C21H17N2/c1-2-21-22-19-15-17(16-9-5-3-6-10-16)13-14-20(19)23(21)18-11-7-4-8-12-18/h3-7,9-15H,2H2,1H3. The molecule has 0 unspecified atom stereocenters. The minimum atomic E-state index is 0.893. The molecule has 23 heavy (non-hydrogen) atoms. The van der Waals surface area contributed by atoms with Gasteiger partial charge in [-0.3, -0.25) is 4.57 Å². The van der Waals surface area contributed by atoms with E-state index < -0.39 is 0 Å². The summed E-state index contributed by atoms with van der Waals surface area (Å²) >= 11 is 0. The van der Waals surface area contributed by atoms with Crippen molar-refractivity contribution in [2.45, 2.75) is 13.3 Å². The normalized spacial score (nSPS) is 11.0. The highest BCUT2D eigenvalue weighted by Gasteiger charge is 2.11. The maximum Gasteiger partial charge on any atom is 0.114 e. The number of nitrogens with zero attached hydrogens (tertiary/aromatic N) is 2. The number of aromatic nitrogens is 2. The second kappa shape index (κ2) is 5.73. The molecular weight excluding hydrogens is 280 g/mol. The summed E-state index contributed by atoms with van der Waals surface area (Å²) in [6.45, 7) is 2.14. The van der Waals surface area contributed by atoms with Gasteiger partial charge >= 0.3 is 0 Å². The van der Waals surface area contributed by atoms with Gasteiger partial charge in [-0.1, -0.05) is 55.5 Å². The van der Waals surface area contributed by atoms with Crippen LogP contribution in [0.1, 0.15) is 12.7 Å². The van der Waals surface area contributed by atoms with E-state index in [0.717, 1.165) is 29.0 Å². The molecule has 0 spiro atoms. The Kier molecular flexibility index (Phi) is 3.43. The van der Waals surface area contributed by atoms with Crippen molar-refractivity contribution in [3.05, 3.63) is 84.7 Å². The number of imidazole rings is 1. The van der Waals surface area contributed by atoms with E-state index in [1.165, 1.54) is 11.1 Å². The maximum absolute atomic E-state index is 4.84. The van der Waals surface area contributed by atoms with Gasteiger partial charge in [0.15, 0.2) is 0 Å². The lowest BCUT2D eigenvalue weighted by Crippen LogP contribution is -1.99. The fraction of sp³-hybridized carbons (Fsp3) is 0.0952. The van der Waals surface area contributed by atoms with Crippen molar-refractivity contribution < 1.29 is 0 Å². The molecule has 0 saturated heterocycles. The van der Waals surface area contributed by atoms with Crippen LogP contribution in [0.15, 0.2) is 72.8 Å². The first kappa shape index (κ1) is 13.8. The number of hydrogen-bond acceptors (Lipinski definition) is 1. The summed E-state index contributed by atoms with van der Waals surface area (Å²) < 4.78 is 2.22. The Labute approximate surface area is 136 Å². The number of hydrogen-bond donors (Lipinski definition) is 0. The molecule has 0 aliphatic heterocycles. The van der Waals surface area contributed by atoms with Crippen LogP contribution < -0.4 is 0 Å². The molecule has 1 heterocycles. The summed E-state index contributed by atoms with van der Waals surface area (Å²) in [5.74, 6) is 1.07. The number of fused-ring (bicyclic) bond motifs is 1. The Morgan fingerprint density at radius 1 is 0.957 bits per heavy atom. The first-order chi connectivity index (χ1) is 11.4. The zero-order chi connectivity index (χ0) is 15.6. The molecule has 4 rings (SSSR count). The van der Waals surface area contributed by atoms with Gasteiger partial charge in [0.1, 0.15) is 5.82 Å². The Bertz CT molecular complexity index is 938. The van der Waals surface area contributed by atoms with Gasteiger partial charge < -0.3 is 0 Å². The van der Waals surface area contributed by atoms with Crippen LogP contribution in [-0.2, 0) is 6.42 Å². The summed E-state index contributed by atoms with van der Waals surface area (Å²) in [7, 11) is 0. The van der Waals surface area contributed by atoms with Crippen molar-refractivity contribution in [2.75, 3.05) is 0 Å². The van der Waals surface area contributed by atoms with Crippen LogP contribution >= 0.6 is 0 Å². The highest BCUT2D eigenvalue weighted by atomic mass is 15.1. The van der Waals surface area contributed by atoms with Crippen molar-refractivity contribution in [1.82, 2.24) is 9.55 Å². The quantitative estimate of drug-likeness (QED) is 0.517. The van der Waals surface area contributed by atoms with E-state index in [-0.39, 0.29) is 0 Å². The molecule has 2 nitrogen and oxygen atoms in total. The van der Waals surface area contributed by atoms with E-state index in [1.807, 2.05) is 24.3 Å². The Hall–Kier alpha value is -2.87. The number of rotatable bonds is 3. The van der Waals surface area contributed by atoms with Gasteiger partial charge in [-0.25, -0.2) is 4.98 Å². The van der Waals surface area contributed by atoms with E-state index in [4.69, 9.17) is 4.98 Å². The van der Waals surface area contributed by atoms with Crippen LogP contribution in [0.25, 0.3) is 27.8 Å². The fourth-order valence-electron chi connectivity index (χ4n) is 2.99. The Balaban J connectivity index is 1.92. The van der Waals surface area contributed by atoms with E-state index in [0.29, 0.717) is 0 Å². The minimum absolute atomic E-state index is 0.893. The van der Waals surface area contributed by atoms with Gasteiger partial charge in [0.2, 0.25) is 0 Å². The van der Waals surface area contributed by atoms with Gasteiger partial charge in [-0.2, -0.15) is 0 Å². The van der Waals surface area contributed by atoms with Gasteiger partial charge in [-0.15, -0.1) is 0 Å². The average molecular weight is 297 g/mol. The molecule has 0 N–H and O–H groups in total. The molecule has 111 valence electrons. The second-order valence-corrected chi connectivity index (χ2v) is 5.55. The van der Waals surface area contributed by atoms with Gasteiger partial charge in [0, 0.05) is 12.1 Å². The number of aryl methyl sites for hydroxylation is 1. The van der Waals surface area contributed by atoms with Crippen molar-refractivity contribution in [3.63, 3.8) is 0 Å². The van der Waals surface area contributed by atoms with Crippen LogP contribution in [0.5, 0.6) is 0 Å². The molecule has 0 aliphatic carbocycles. The fourth-order valence-corrected chi connectivity index (χ4v) is 2.99. The van der Waals surface area contributed by atoms with Gasteiger partial charge in [-0.05, 0) is 41.5 Å². The topological polar surface area (TPSA) is 17.8 Å². The molecule has 2 heteroatoms. The molecule has 3 aromatic carbocycles. The predicted molar refractivity (Wildman–Crippen MR) is 94.7 cm³/mol. The maximum atomic E-state index is 4.84. The van der Waals surface area contributed by atoms with Crippen LogP contribution in [0.3, 0.4) is 0 Å². The summed E-state index contributed by atoms with van der Waals surface area (Å²) in [5, 5.41) is 0. The Morgan fingerprint density at radius 2 is 1.83 bits per heavy atom. The summed E-state index contributed by atoms with van der Waals surface area (Å²) in [5.41, 5.74) is 5.70. The first-order valence-corrected chi connectivity index (χ1v) is 7.90. The Morgan fingerprint density at radius 3 is 2.57 bits per heavy atom. The highest BCUT2D eigenvalue weighted by molar-refractivity contribution is 5.84. The van der Waals surface area contributed by atoms with E-state index in [1.54, 1.807) is 0 Å². The summed E-state index contributed by atoms with van der Waals surface area (Å²) in [4.78, 5) is 4.84. The van der Waals surface area contributed by atoms with Crippen LogP contribution in [0.4, 0.5) is 0 Å². The lowest BCUT2D eigenvalue weighted by molar-refractivity contribution is 0.908. The lowest BCUT2D eigenvalue weighted by Gasteiger charge is -2.08. The molecule has 0 saturated carbocycles. The van der Waals surface area contributed by atoms with Crippen molar-refractivity contribution >= 4 is 11.0 Å². The average Bonchev–Trinajstić information content (AvgIpc) is 3.01. The SMILES string of the molecule is CCc1nc2cc(-c3ccccc3)ccc2n1-c1c[c]ccc1. The zero-order valence-corrected chi connectivity index (χ0v) is 13.0. The molecule has 0 fully saturated rings. The molecule has 1 radical (unpaired) electrons. The predicted octanol–water partition coefficient (Wildman–Crippen LogP) is 5.06. The molecule has 1 aromatic heterocycles.